The van der Waals surface area contributed by atoms with Crippen LogP contribution in [0, 0.1) is 0 Å². The number of amides is 2. The Kier molecular flexibility index (Phi) is 5.46. The van der Waals surface area contributed by atoms with Crippen molar-refractivity contribution in [3.05, 3.63) is 78.8 Å². The topological polar surface area (TPSA) is 77.2 Å². The van der Waals surface area contributed by atoms with Crippen LogP contribution in [0.5, 0.6) is 0 Å². The first-order valence-corrected chi connectivity index (χ1v) is 10.9. The molecule has 0 radical (unpaired) electrons. The summed E-state index contributed by atoms with van der Waals surface area (Å²) in [5.74, 6) is 1.35. The van der Waals surface area contributed by atoms with Gasteiger partial charge in [-0.15, -0.1) is 0 Å². The normalized spacial score (nSPS) is 16.2. The molecule has 4 aromatic rings. The van der Waals surface area contributed by atoms with Gasteiger partial charge in [0.05, 0.1) is 5.39 Å². The summed E-state index contributed by atoms with van der Waals surface area (Å²) in [5, 5.41) is 4.09. The summed E-state index contributed by atoms with van der Waals surface area (Å²) in [7, 11) is 1.77. The molecule has 2 aromatic heterocycles. The zero-order valence-corrected chi connectivity index (χ0v) is 18.0. The lowest BCUT2D eigenvalue weighted by Crippen LogP contribution is -2.35. The first kappa shape index (κ1) is 20.1. The van der Waals surface area contributed by atoms with Crippen molar-refractivity contribution in [1.82, 2.24) is 15.0 Å². The molecule has 7 nitrogen and oxygen atoms in total. The largest absolute Gasteiger partial charge is 0.355 e. The second kappa shape index (κ2) is 8.70. The Morgan fingerprint density at radius 2 is 2.00 bits per heavy atom. The van der Waals surface area contributed by atoms with Crippen molar-refractivity contribution < 1.29 is 4.79 Å². The van der Waals surface area contributed by atoms with E-state index in [9.17, 15) is 4.79 Å². The van der Waals surface area contributed by atoms with E-state index < -0.39 is 0 Å². The molecule has 162 valence electrons. The van der Waals surface area contributed by atoms with Gasteiger partial charge in [-0.05, 0) is 48.7 Å². The van der Waals surface area contributed by atoms with Crippen molar-refractivity contribution in [3.8, 4) is 0 Å². The van der Waals surface area contributed by atoms with E-state index in [1.54, 1.807) is 18.3 Å². The van der Waals surface area contributed by atoms with E-state index in [4.69, 9.17) is 0 Å². The lowest BCUT2D eigenvalue weighted by atomic mass is 9.90. The summed E-state index contributed by atoms with van der Waals surface area (Å²) in [6.45, 7) is 1.87. The van der Waals surface area contributed by atoms with Crippen LogP contribution in [0.2, 0.25) is 0 Å². The van der Waals surface area contributed by atoms with Crippen LogP contribution >= 0.6 is 0 Å². The van der Waals surface area contributed by atoms with E-state index in [0.29, 0.717) is 5.92 Å². The number of piperidine rings is 1. The molecule has 1 atom stereocenters. The molecule has 1 fully saturated rings. The van der Waals surface area contributed by atoms with Crippen LogP contribution in [-0.2, 0) is 0 Å². The molecular weight excluding hydrogens is 400 g/mol. The fraction of sp³-hybridized carbons (Fsp3) is 0.240. The van der Waals surface area contributed by atoms with E-state index in [0.717, 1.165) is 54.2 Å². The van der Waals surface area contributed by atoms with Crippen molar-refractivity contribution >= 4 is 34.3 Å². The van der Waals surface area contributed by atoms with Crippen LogP contribution in [0.15, 0.2) is 73.2 Å². The summed E-state index contributed by atoms with van der Waals surface area (Å²) in [6, 6.07) is 19.7. The quantitative estimate of drug-likeness (QED) is 0.481. The molecule has 0 bridgehead atoms. The predicted octanol–water partition coefficient (Wildman–Crippen LogP) is 5.01. The highest BCUT2D eigenvalue weighted by molar-refractivity contribution is 6.01. The number of para-hydroxylation sites is 1. The first-order chi connectivity index (χ1) is 15.7. The molecule has 5 rings (SSSR count). The third kappa shape index (κ3) is 4.01. The van der Waals surface area contributed by atoms with E-state index >= 15 is 0 Å². The number of urea groups is 1. The Hall–Kier alpha value is -3.87. The van der Waals surface area contributed by atoms with Gasteiger partial charge in [-0.2, -0.15) is 0 Å². The van der Waals surface area contributed by atoms with Crippen molar-refractivity contribution in [1.29, 1.82) is 0 Å². The summed E-state index contributed by atoms with van der Waals surface area (Å²) >= 11 is 0. The Labute approximate surface area is 187 Å². The fourth-order valence-electron chi connectivity index (χ4n) is 4.40. The number of H-pyrrole nitrogens is 1. The SMILES string of the molecule is CN(C(=O)Nc1cccc(C2CCCN(c3ncnc4[nH]ccc34)C2)c1)c1ccccc1. The van der Waals surface area contributed by atoms with Gasteiger partial charge in [-0.3, -0.25) is 4.90 Å². The number of aromatic nitrogens is 3. The molecule has 3 heterocycles. The molecule has 1 saturated heterocycles. The van der Waals surface area contributed by atoms with Gasteiger partial charge in [0.2, 0.25) is 0 Å². The summed E-state index contributed by atoms with van der Waals surface area (Å²) in [5.41, 5.74) is 3.76. The van der Waals surface area contributed by atoms with Gasteiger partial charge in [0.15, 0.2) is 0 Å². The number of nitrogens with one attached hydrogen (secondary N) is 2. The fourth-order valence-corrected chi connectivity index (χ4v) is 4.40. The second-order valence-electron chi connectivity index (χ2n) is 8.17. The third-order valence-corrected chi connectivity index (χ3v) is 6.11. The molecule has 2 N–H and O–H groups in total. The van der Waals surface area contributed by atoms with E-state index in [-0.39, 0.29) is 6.03 Å². The summed E-state index contributed by atoms with van der Waals surface area (Å²) in [6.07, 6.45) is 5.73. The highest BCUT2D eigenvalue weighted by Crippen LogP contribution is 2.32. The number of carbonyl (C=O) groups is 1. The van der Waals surface area contributed by atoms with Crippen LogP contribution in [0.25, 0.3) is 11.0 Å². The number of hydrogen-bond donors (Lipinski definition) is 2. The number of hydrogen-bond acceptors (Lipinski definition) is 4. The van der Waals surface area contributed by atoms with Gasteiger partial charge in [-0.1, -0.05) is 30.3 Å². The zero-order valence-electron chi connectivity index (χ0n) is 18.0. The Morgan fingerprint density at radius 3 is 2.88 bits per heavy atom. The van der Waals surface area contributed by atoms with Crippen LogP contribution in [0.1, 0.15) is 24.3 Å². The predicted molar refractivity (Wildman–Crippen MR) is 128 cm³/mol. The molecule has 0 aliphatic carbocycles. The van der Waals surface area contributed by atoms with E-state index in [1.807, 2.05) is 54.7 Å². The first-order valence-electron chi connectivity index (χ1n) is 10.9. The lowest BCUT2D eigenvalue weighted by Gasteiger charge is -2.34. The minimum Gasteiger partial charge on any atom is -0.355 e. The van der Waals surface area contributed by atoms with Gasteiger partial charge in [-0.25, -0.2) is 14.8 Å². The second-order valence-corrected chi connectivity index (χ2v) is 8.17. The molecule has 7 heteroatoms. The molecule has 1 aliphatic rings. The molecule has 32 heavy (non-hydrogen) atoms. The van der Waals surface area contributed by atoms with Gasteiger partial charge in [0, 0.05) is 43.6 Å². The number of nitrogens with zero attached hydrogens (tertiary/aromatic N) is 4. The lowest BCUT2D eigenvalue weighted by molar-refractivity contribution is 0.258. The molecule has 2 amide bonds. The van der Waals surface area contributed by atoms with Crippen molar-refractivity contribution in [3.63, 3.8) is 0 Å². The number of fused-ring (bicyclic) bond motifs is 1. The maximum absolute atomic E-state index is 12.7. The van der Waals surface area contributed by atoms with Crippen molar-refractivity contribution in [2.24, 2.45) is 0 Å². The highest BCUT2D eigenvalue weighted by Gasteiger charge is 2.24. The monoisotopic (exact) mass is 426 g/mol. The number of anilines is 3. The van der Waals surface area contributed by atoms with Crippen LogP contribution in [0.4, 0.5) is 22.0 Å². The molecule has 1 aliphatic heterocycles. The molecule has 0 spiro atoms. The Morgan fingerprint density at radius 1 is 1.12 bits per heavy atom. The van der Waals surface area contributed by atoms with Crippen LogP contribution in [-0.4, -0.2) is 41.1 Å². The molecule has 1 unspecified atom stereocenters. The Balaban J connectivity index is 1.32. The average Bonchev–Trinajstić information content (AvgIpc) is 3.33. The van der Waals surface area contributed by atoms with Crippen LogP contribution in [0.3, 0.4) is 0 Å². The number of benzene rings is 2. The minimum atomic E-state index is -0.158. The van der Waals surface area contributed by atoms with Gasteiger partial charge in [0.1, 0.15) is 17.8 Å². The smallest absolute Gasteiger partial charge is 0.326 e. The maximum atomic E-state index is 12.7. The maximum Gasteiger partial charge on any atom is 0.326 e. The van der Waals surface area contributed by atoms with Gasteiger partial charge >= 0.3 is 6.03 Å². The van der Waals surface area contributed by atoms with E-state index in [1.165, 1.54) is 5.56 Å². The summed E-state index contributed by atoms with van der Waals surface area (Å²) < 4.78 is 0. The van der Waals surface area contributed by atoms with Crippen molar-refractivity contribution in [2.75, 3.05) is 35.3 Å². The van der Waals surface area contributed by atoms with Crippen molar-refractivity contribution in [2.45, 2.75) is 18.8 Å². The Bertz CT molecular complexity index is 1220. The molecular formula is C25H26N6O. The van der Waals surface area contributed by atoms with Gasteiger partial charge < -0.3 is 15.2 Å². The van der Waals surface area contributed by atoms with Crippen LogP contribution < -0.4 is 15.1 Å². The third-order valence-electron chi connectivity index (χ3n) is 6.11. The summed E-state index contributed by atoms with van der Waals surface area (Å²) in [4.78, 5) is 28.7. The molecule has 2 aromatic carbocycles. The van der Waals surface area contributed by atoms with Gasteiger partial charge in [0.25, 0.3) is 0 Å². The standard InChI is InChI=1S/C25H26N6O/c1-30(21-10-3-2-4-11-21)25(32)29-20-9-5-7-18(15-20)19-8-6-14-31(16-19)24-22-12-13-26-23(22)27-17-28-24/h2-5,7,9-13,15,17,19H,6,8,14,16H2,1H3,(H,29,32)(H,26,27,28). The minimum absolute atomic E-state index is 0.158. The highest BCUT2D eigenvalue weighted by atomic mass is 16.2. The average molecular weight is 427 g/mol. The zero-order chi connectivity index (χ0) is 21.9. The number of aromatic amines is 1. The number of carbonyl (C=O) groups excluding carboxylic acids is 1. The van der Waals surface area contributed by atoms with E-state index in [2.05, 4.69) is 37.3 Å². The number of rotatable bonds is 4. The molecule has 0 saturated carbocycles.